The summed E-state index contributed by atoms with van der Waals surface area (Å²) in [7, 11) is 0. The van der Waals surface area contributed by atoms with Crippen molar-refractivity contribution in [2.45, 2.75) is 12.5 Å². The van der Waals surface area contributed by atoms with Crippen LogP contribution in [-0.4, -0.2) is 30.5 Å². The first-order valence-electron chi connectivity index (χ1n) is 5.89. The molecule has 1 saturated heterocycles. The molecule has 1 unspecified atom stereocenters. The van der Waals surface area contributed by atoms with E-state index >= 15 is 0 Å². The minimum atomic E-state index is -0.0254. The fraction of sp³-hybridized carbons (Fsp3) is 0.357. The maximum Gasteiger partial charge on any atom is 0.246 e. The Kier molecular flexibility index (Phi) is 3.94. The van der Waals surface area contributed by atoms with E-state index < -0.39 is 0 Å². The Hall–Kier alpha value is -1.61. The molecule has 0 saturated carbocycles. The molecule has 1 atom stereocenters. The van der Waals surface area contributed by atoms with Crippen LogP contribution in [0, 0.1) is 0 Å². The molecule has 0 spiro atoms. The quantitative estimate of drug-likeness (QED) is 0.730. The summed E-state index contributed by atoms with van der Waals surface area (Å²) < 4.78 is 5.79. The van der Waals surface area contributed by atoms with Crippen LogP contribution in [0.5, 0.6) is 0 Å². The zero-order valence-electron chi connectivity index (χ0n) is 9.84. The van der Waals surface area contributed by atoms with Gasteiger partial charge in [0.05, 0.1) is 6.54 Å². The molecule has 3 nitrogen and oxygen atoms in total. The smallest absolute Gasteiger partial charge is 0.246 e. The average molecular weight is 231 g/mol. The number of nitrogens with zero attached hydrogens (tertiary/aromatic N) is 1. The van der Waals surface area contributed by atoms with Crippen LogP contribution < -0.4 is 0 Å². The lowest BCUT2D eigenvalue weighted by Crippen LogP contribution is -2.32. The molecule has 1 fully saturated rings. The number of benzene rings is 1. The Balaban J connectivity index is 2.12. The van der Waals surface area contributed by atoms with Crippen molar-refractivity contribution in [3.63, 3.8) is 0 Å². The summed E-state index contributed by atoms with van der Waals surface area (Å²) in [6, 6.07) is 10.0. The number of rotatable bonds is 2. The highest BCUT2D eigenvalue weighted by molar-refractivity contribution is 5.87. The molecule has 1 aromatic rings. The van der Waals surface area contributed by atoms with Gasteiger partial charge in [0, 0.05) is 13.2 Å². The predicted octanol–water partition coefficient (Wildman–Crippen LogP) is 2.16. The summed E-state index contributed by atoms with van der Waals surface area (Å²) in [6.07, 6.45) is 2.22. The molecule has 1 heterocycles. The Labute approximate surface area is 102 Å². The van der Waals surface area contributed by atoms with E-state index in [1.54, 1.807) is 4.90 Å². The topological polar surface area (TPSA) is 29.5 Å². The number of carbonyl (C=O) groups excluding carboxylic acids is 1. The highest BCUT2D eigenvalue weighted by atomic mass is 16.5. The Bertz CT molecular complexity index is 388. The van der Waals surface area contributed by atoms with E-state index in [-0.39, 0.29) is 12.0 Å². The van der Waals surface area contributed by atoms with Crippen LogP contribution >= 0.6 is 0 Å². The van der Waals surface area contributed by atoms with Crippen LogP contribution in [0.25, 0.3) is 0 Å². The minimum Gasteiger partial charge on any atom is -0.372 e. The Morgan fingerprint density at radius 1 is 1.41 bits per heavy atom. The van der Waals surface area contributed by atoms with E-state index in [0.717, 1.165) is 18.5 Å². The number of hydrogen-bond acceptors (Lipinski definition) is 2. The molecule has 17 heavy (non-hydrogen) atoms. The normalized spacial score (nSPS) is 20.7. The van der Waals surface area contributed by atoms with Crippen molar-refractivity contribution in [1.82, 2.24) is 4.90 Å². The lowest BCUT2D eigenvalue weighted by molar-refractivity contribution is -0.126. The zero-order valence-corrected chi connectivity index (χ0v) is 9.84. The molecule has 1 aliphatic heterocycles. The molecular weight excluding hydrogens is 214 g/mol. The standard InChI is InChI=1S/C14H17NO2/c1-2-14(16)15-9-6-10-17-13(11-15)12-7-4-3-5-8-12/h2-5,7-8,13H,1,6,9-11H2. The van der Waals surface area contributed by atoms with E-state index in [1.807, 2.05) is 30.3 Å². The Morgan fingerprint density at radius 3 is 2.88 bits per heavy atom. The molecule has 1 aromatic carbocycles. The SMILES string of the molecule is C=CC(=O)N1CCCOC(c2ccccc2)C1. The van der Waals surface area contributed by atoms with Gasteiger partial charge in [0.15, 0.2) is 0 Å². The lowest BCUT2D eigenvalue weighted by atomic mass is 10.1. The van der Waals surface area contributed by atoms with Gasteiger partial charge in [-0.15, -0.1) is 0 Å². The molecule has 2 rings (SSSR count). The fourth-order valence-corrected chi connectivity index (χ4v) is 2.02. The maximum absolute atomic E-state index is 11.6. The van der Waals surface area contributed by atoms with Crippen LogP contribution in [0.2, 0.25) is 0 Å². The molecule has 0 radical (unpaired) electrons. The van der Waals surface area contributed by atoms with Gasteiger partial charge in [-0.2, -0.15) is 0 Å². The molecule has 0 aromatic heterocycles. The zero-order chi connectivity index (χ0) is 12.1. The summed E-state index contributed by atoms with van der Waals surface area (Å²) in [5.74, 6) is -0.0172. The molecular formula is C14H17NO2. The third-order valence-electron chi connectivity index (χ3n) is 2.94. The largest absolute Gasteiger partial charge is 0.372 e. The summed E-state index contributed by atoms with van der Waals surface area (Å²) in [5.41, 5.74) is 1.12. The van der Waals surface area contributed by atoms with Crippen LogP contribution in [0.3, 0.4) is 0 Å². The number of carbonyl (C=O) groups is 1. The summed E-state index contributed by atoms with van der Waals surface area (Å²) in [6.45, 7) is 5.58. The fourth-order valence-electron chi connectivity index (χ4n) is 2.02. The molecule has 1 aliphatic rings. The van der Waals surface area contributed by atoms with Gasteiger partial charge in [-0.25, -0.2) is 0 Å². The highest BCUT2D eigenvalue weighted by Crippen LogP contribution is 2.21. The molecule has 0 N–H and O–H groups in total. The van der Waals surface area contributed by atoms with Crippen molar-refractivity contribution < 1.29 is 9.53 Å². The van der Waals surface area contributed by atoms with E-state index in [0.29, 0.717) is 13.2 Å². The molecule has 0 bridgehead atoms. The van der Waals surface area contributed by atoms with Gasteiger partial charge in [0.1, 0.15) is 6.10 Å². The predicted molar refractivity (Wildman–Crippen MR) is 66.5 cm³/mol. The van der Waals surface area contributed by atoms with Gasteiger partial charge in [0.25, 0.3) is 0 Å². The van der Waals surface area contributed by atoms with Crippen molar-refractivity contribution >= 4 is 5.91 Å². The van der Waals surface area contributed by atoms with Gasteiger partial charge < -0.3 is 9.64 Å². The summed E-state index contributed by atoms with van der Waals surface area (Å²) >= 11 is 0. The maximum atomic E-state index is 11.6. The second-order valence-electron chi connectivity index (χ2n) is 4.11. The van der Waals surface area contributed by atoms with E-state index in [2.05, 4.69) is 6.58 Å². The summed E-state index contributed by atoms with van der Waals surface area (Å²) in [5, 5.41) is 0. The van der Waals surface area contributed by atoms with Crippen molar-refractivity contribution in [3.05, 3.63) is 48.6 Å². The van der Waals surface area contributed by atoms with Gasteiger partial charge in [-0.05, 0) is 18.1 Å². The van der Waals surface area contributed by atoms with E-state index in [4.69, 9.17) is 4.74 Å². The first-order valence-corrected chi connectivity index (χ1v) is 5.89. The monoisotopic (exact) mass is 231 g/mol. The summed E-state index contributed by atoms with van der Waals surface area (Å²) in [4.78, 5) is 13.5. The average Bonchev–Trinajstić information content (AvgIpc) is 2.64. The van der Waals surface area contributed by atoms with Crippen LogP contribution in [0.15, 0.2) is 43.0 Å². The second kappa shape index (κ2) is 5.64. The lowest BCUT2D eigenvalue weighted by Gasteiger charge is -2.23. The van der Waals surface area contributed by atoms with Crippen LogP contribution in [-0.2, 0) is 9.53 Å². The second-order valence-corrected chi connectivity index (χ2v) is 4.11. The molecule has 1 amide bonds. The van der Waals surface area contributed by atoms with Crippen molar-refractivity contribution in [2.75, 3.05) is 19.7 Å². The van der Waals surface area contributed by atoms with Gasteiger partial charge in [0.2, 0.25) is 5.91 Å². The van der Waals surface area contributed by atoms with E-state index in [9.17, 15) is 4.79 Å². The Morgan fingerprint density at radius 2 is 2.18 bits per heavy atom. The van der Waals surface area contributed by atoms with Gasteiger partial charge >= 0.3 is 0 Å². The van der Waals surface area contributed by atoms with E-state index in [1.165, 1.54) is 6.08 Å². The highest BCUT2D eigenvalue weighted by Gasteiger charge is 2.21. The minimum absolute atomic E-state index is 0.0172. The van der Waals surface area contributed by atoms with Crippen molar-refractivity contribution in [3.8, 4) is 0 Å². The first-order chi connectivity index (χ1) is 8.31. The molecule has 90 valence electrons. The van der Waals surface area contributed by atoms with Gasteiger partial charge in [-0.1, -0.05) is 36.9 Å². The number of hydrogen-bond donors (Lipinski definition) is 0. The van der Waals surface area contributed by atoms with Crippen molar-refractivity contribution in [2.24, 2.45) is 0 Å². The van der Waals surface area contributed by atoms with Crippen LogP contribution in [0.4, 0.5) is 0 Å². The third-order valence-corrected chi connectivity index (χ3v) is 2.94. The molecule has 0 aliphatic carbocycles. The van der Waals surface area contributed by atoms with Crippen LogP contribution in [0.1, 0.15) is 18.1 Å². The van der Waals surface area contributed by atoms with Crippen molar-refractivity contribution in [1.29, 1.82) is 0 Å². The first kappa shape index (κ1) is 11.9. The number of amides is 1. The van der Waals surface area contributed by atoms with Gasteiger partial charge in [-0.3, -0.25) is 4.79 Å². The molecule has 3 heteroatoms. The third kappa shape index (κ3) is 2.94. The number of ether oxygens (including phenoxy) is 1.